The highest BCUT2D eigenvalue weighted by Gasteiger charge is 2.05. The maximum atomic E-state index is 12.1. The van der Waals surface area contributed by atoms with E-state index in [1.807, 2.05) is 36.4 Å². The van der Waals surface area contributed by atoms with Crippen molar-refractivity contribution >= 4 is 11.8 Å². The molecule has 0 radical (unpaired) electrons. The molecule has 0 atom stereocenters. The summed E-state index contributed by atoms with van der Waals surface area (Å²) in [6, 6.07) is 14.7. The first-order valence-corrected chi connectivity index (χ1v) is 8.08. The third kappa shape index (κ3) is 5.90. The lowest BCUT2D eigenvalue weighted by molar-refractivity contribution is -0.116. The number of hydrogen-bond donors (Lipinski definition) is 3. The zero-order valence-electron chi connectivity index (χ0n) is 14.0. The van der Waals surface area contributed by atoms with Gasteiger partial charge in [-0.1, -0.05) is 43.0 Å². The van der Waals surface area contributed by atoms with E-state index in [4.69, 9.17) is 5.11 Å². The van der Waals surface area contributed by atoms with Gasteiger partial charge in [-0.3, -0.25) is 9.59 Å². The molecule has 0 spiro atoms. The van der Waals surface area contributed by atoms with Crippen LogP contribution >= 0.6 is 0 Å². The lowest BCUT2D eigenvalue weighted by Gasteiger charge is -2.07. The van der Waals surface area contributed by atoms with Gasteiger partial charge in [0, 0.05) is 18.7 Å². The van der Waals surface area contributed by atoms with E-state index in [1.54, 1.807) is 12.1 Å². The molecule has 0 aliphatic rings. The van der Waals surface area contributed by atoms with E-state index in [1.165, 1.54) is 6.08 Å². The summed E-state index contributed by atoms with van der Waals surface area (Å²) in [6.45, 7) is 4.36. The molecule has 0 saturated heterocycles. The summed E-state index contributed by atoms with van der Waals surface area (Å²) in [5.74, 6) is -0.359. The van der Waals surface area contributed by atoms with Crippen molar-refractivity contribution in [2.24, 2.45) is 0 Å². The number of benzene rings is 2. The van der Waals surface area contributed by atoms with Crippen LogP contribution in [0.1, 0.15) is 27.0 Å². The van der Waals surface area contributed by atoms with Crippen molar-refractivity contribution in [3.05, 3.63) is 83.4 Å². The molecule has 2 rings (SSSR count). The van der Waals surface area contributed by atoms with Crippen LogP contribution in [0.5, 0.6) is 0 Å². The minimum Gasteiger partial charge on any atom is -0.392 e. The highest BCUT2D eigenvalue weighted by atomic mass is 16.3. The second-order valence-electron chi connectivity index (χ2n) is 5.60. The third-order valence-corrected chi connectivity index (χ3v) is 3.77. The Balaban J connectivity index is 1.79. The second-order valence-corrected chi connectivity index (χ2v) is 5.60. The Labute approximate surface area is 147 Å². The van der Waals surface area contributed by atoms with Crippen LogP contribution in [0, 0.1) is 0 Å². The van der Waals surface area contributed by atoms with Gasteiger partial charge in [0.2, 0.25) is 5.91 Å². The number of carbonyl (C=O) groups is 2. The standard InChI is InChI=1S/C20H22N2O3/c1-2-19(24)22-13-16-7-9-18(10-8-16)20(25)21-12-11-15-3-5-17(14-23)6-4-15/h2-10,23H,1,11-14H2,(H,21,25)(H,22,24). The van der Waals surface area contributed by atoms with E-state index < -0.39 is 0 Å². The van der Waals surface area contributed by atoms with E-state index >= 15 is 0 Å². The number of aliphatic hydroxyl groups excluding tert-OH is 1. The van der Waals surface area contributed by atoms with Gasteiger partial charge in [-0.2, -0.15) is 0 Å². The zero-order valence-corrected chi connectivity index (χ0v) is 14.0. The largest absolute Gasteiger partial charge is 0.392 e. The van der Waals surface area contributed by atoms with Gasteiger partial charge in [0.15, 0.2) is 0 Å². The quantitative estimate of drug-likeness (QED) is 0.644. The van der Waals surface area contributed by atoms with Crippen LogP contribution < -0.4 is 10.6 Å². The molecular formula is C20H22N2O3. The van der Waals surface area contributed by atoms with Crippen molar-refractivity contribution in [3.8, 4) is 0 Å². The maximum absolute atomic E-state index is 12.1. The van der Waals surface area contributed by atoms with E-state index in [9.17, 15) is 9.59 Å². The van der Waals surface area contributed by atoms with Gasteiger partial charge in [-0.25, -0.2) is 0 Å². The smallest absolute Gasteiger partial charge is 0.251 e. The number of carbonyl (C=O) groups excluding carboxylic acids is 2. The first-order chi connectivity index (χ1) is 12.1. The number of aliphatic hydroxyl groups is 1. The zero-order chi connectivity index (χ0) is 18.1. The van der Waals surface area contributed by atoms with E-state index in [-0.39, 0.29) is 18.4 Å². The van der Waals surface area contributed by atoms with Gasteiger partial charge in [-0.15, -0.1) is 0 Å². The highest BCUT2D eigenvalue weighted by Crippen LogP contribution is 2.06. The Morgan fingerprint density at radius 1 is 0.920 bits per heavy atom. The van der Waals surface area contributed by atoms with Crippen molar-refractivity contribution in [2.45, 2.75) is 19.6 Å². The van der Waals surface area contributed by atoms with Gasteiger partial charge in [0.1, 0.15) is 0 Å². The van der Waals surface area contributed by atoms with Crippen molar-refractivity contribution in [2.75, 3.05) is 6.54 Å². The van der Waals surface area contributed by atoms with E-state index in [2.05, 4.69) is 17.2 Å². The first kappa shape index (κ1) is 18.4. The van der Waals surface area contributed by atoms with Crippen LogP contribution in [0.3, 0.4) is 0 Å². The molecule has 0 bridgehead atoms. The molecule has 5 nitrogen and oxygen atoms in total. The van der Waals surface area contributed by atoms with Crippen molar-refractivity contribution < 1.29 is 14.7 Å². The molecule has 0 saturated carbocycles. The molecule has 0 fully saturated rings. The normalized spacial score (nSPS) is 10.1. The van der Waals surface area contributed by atoms with Gasteiger partial charge in [0.25, 0.3) is 5.91 Å². The summed E-state index contributed by atoms with van der Waals surface area (Å²) in [6.07, 6.45) is 1.95. The Kier molecular flexibility index (Phi) is 6.92. The molecule has 2 aromatic rings. The Bertz CT molecular complexity index is 722. The molecule has 25 heavy (non-hydrogen) atoms. The minimum atomic E-state index is -0.228. The van der Waals surface area contributed by atoms with Crippen LogP contribution in [0.25, 0.3) is 0 Å². The van der Waals surface area contributed by atoms with Gasteiger partial charge in [0.05, 0.1) is 6.61 Å². The van der Waals surface area contributed by atoms with Crippen molar-refractivity contribution in [3.63, 3.8) is 0 Å². The lowest BCUT2D eigenvalue weighted by Crippen LogP contribution is -2.25. The molecular weight excluding hydrogens is 316 g/mol. The van der Waals surface area contributed by atoms with Gasteiger partial charge in [-0.05, 0) is 41.3 Å². The lowest BCUT2D eigenvalue weighted by atomic mass is 10.1. The Hall–Kier alpha value is -2.92. The van der Waals surface area contributed by atoms with Crippen LogP contribution in [0.4, 0.5) is 0 Å². The summed E-state index contributed by atoms with van der Waals surface area (Å²) >= 11 is 0. The molecule has 0 heterocycles. The van der Waals surface area contributed by atoms with Crippen LogP contribution in [0.15, 0.2) is 61.2 Å². The van der Waals surface area contributed by atoms with Gasteiger partial charge >= 0.3 is 0 Å². The fourth-order valence-corrected chi connectivity index (χ4v) is 2.27. The van der Waals surface area contributed by atoms with Gasteiger partial charge < -0.3 is 15.7 Å². The van der Waals surface area contributed by atoms with Crippen LogP contribution in [0.2, 0.25) is 0 Å². The number of hydrogen-bond acceptors (Lipinski definition) is 3. The summed E-state index contributed by atoms with van der Waals surface area (Å²) in [5, 5.41) is 14.6. The molecule has 0 aliphatic carbocycles. The monoisotopic (exact) mass is 338 g/mol. The highest BCUT2D eigenvalue weighted by molar-refractivity contribution is 5.94. The maximum Gasteiger partial charge on any atom is 0.251 e. The summed E-state index contributed by atoms with van der Waals surface area (Å²) in [4.78, 5) is 23.3. The fraction of sp³-hybridized carbons (Fsp3) is 0.200. The number of nitrogens with one attached hydrogen (secondary N) is 2. The number of amides is 2. The average Bonchev–Trinajstić information content (AvgIpc) is 2.66. The topological polar surface area (TPSA) is 78.4 Å². The molecule has 0 unspecified atom stereocenters. The third-order valence-electron chi connectivity index (χ3n) is 3.77. The predicted molar refractivity (Wildman–Crippen MR) is 96.9 cm³/mol. The number of rotatable bonds is 8. The molecule has 3 N–H and O–H groups in total. The molecule has 2 aromatic carbocycles. The van der Waals surface area contributed by atoms with Crippen molar-refractivity contribution in [1.82, 2.24) is 10.6 Å². The fourth-order valence-electron chi connectivity index (χ4n) is 2.27. The first-order valence-electron chi connectivity index (χ1n) is 8.08. The second kappa shape index (κ2) is 9.39. The SMILES string of the molecule is C=CC(=O)NCc1ccc(C(=O)NCCc2ccc(CO)cc2)cc1. The van der Waals surface area contributed by atoms with Crippen LogP contribution in [-0.2, 0) is 24.4 Å². The predicted octanol–water partition coefficient (Wildman–Crippen LogP) is 1.95. The molecule has 2 amide bonds. The molecule has 0 aliphatic heterocycles. The Morgan fingerprint density at radius 2 is 1.52 bits per heavy atom. The van der Waals surface area contributed by atoms with Crippen molar-refractivity contribution in [1.29, 1.82) is 0 Å². The van der Waals surface area contributed by atoms with E-state index in [0.717, 1.165) is 23.1 Å². The Morgan fingerprint density at radius 3 is 2.12 bits per heavy atom. The molecule has 0 aromatic heterocycles. The molecule has 130 valence electrons. The summed E-state index contributed by atoms with van der Waals surface area (Å²) < 4.78 is 0. The minimum absolute atomic E-state index is 0.0320. The van der Waals surface area contributed by atoms with Crippen LogP contribution in [-0.4, -0.2) is 23.5 Å². The summed E-state index contributed by atoms with van der Waals surface area (Å²) in [7, 11) is 0. The molecule has 5 heteroatoms. The summed E-state index contributed by atoms with van der Waals surface area (Å²) in [5.41, 5.74) is 3.47. The average molecular weight is 338 g/mol. The van der Waals surface area contributed by atoms with E-state index in [0.29, 0.717) is 18.7 Å².